The van der Waals surface area contributed by atoms with Crippen molar-refractivity contribution in [2.45, 2.75) is 51.5 Å². The molecule has 0 bridgehead atoms. The number of amides is 1. The first-order valence-corrected chi connectivity index (χ1v) is 7.61. The summed E-state index contributed by atoms with van der Waals surface area (Å²) in [6, 6.07) is 0.437. The van der Waals surface area contributed by atoms with Gasteiger partial charge in [-0.2, -0.15) is 0 Å². The predicted molar refractivity (Wildman–Crippen MR) is 79.9 cm³/mol. The Bertz CT molecular complexity index is 462. The third-order valence-electron chi connectivity index (χ3n) is 3.21. The van der Waals surface area contributed by atoms with Crippen molar-refractivity contribution < 1.29 is 4.79 Å². The molecule has 0 aliphatic heterocycles. The van der Waals surface area contributed by atoms with Crippen molar-refractivity contribution in [3.8, 4) is 0 Å². The molecule has 1 heterocycles. The summed E-state index contributed by atoms with van der Waals surface area (Å²) in [5, 5.41) is 6.74. The minimum Gasteiger partial charge on any atom is -0.370 e. The fraction of sp³-hybridized carbons (Fsp3) is 0.643. The Balaban J connectivity index is 1.75. The molecule has 1 saturated carbocycles. The van der Waals surface area contributed by atoms with E-state index < -0.39 is 0 Å². The lowest BCUT2D eigenvalue weighted by atomic mass is 10.2. The Morgan fingerprint density at radius 3 is 2.95 bits per heavy atom. The second kappa shape index (κ2) is 7.43. The molecule has 1 aliphatic carbocycles. The quantitative estimate of drug-likeness (QED) is 0.571. The van der Waals surface area contributed by atoms with Gasteiger partial charge in [-0.15, -0.1) is 0 Å². The lowest BCUT2D eigenvalue weighted by molar-refractivity contribution is -0.121. The number of rotatable bonds is 8. The van der Waals surface area contributed by atoms with E-state index in [0.717, 1.165) is 43.5 Å². The van der Waals surface area contributed by atoms with E-state index >= 15 is 0 Å². The summed E-state index contributed by atoms with van der Waals surface area (Å²) in [4.78, 5) is 19.8. The van der Waals surface area contributed by atoms with Crippen molar-refractivity contribution in [2.24, 2.45) is 0 Å². The van der Waals surface area contributed by atoms with Gasteiger partial charge in [0, 0.05) is 24.6 Å². The van der Waals surface area contributed by atoms with Crippen LogP contribution >= 0.6 is 11.6 Å². The number of hydrogen-bond donors (Lipinski definition) is 2. The molecule has 0 aromatic carbocycles. The van der Waals surface area contributed by atoms with Gasteiger partial charge in [-0.25, -0.2) is 9.97 Å². The Labute approximate surface area is 124 Å². The molecule has 6 heteroatoms. The molecule has 0 saturated heterocycles. The highest BCUT2D eigenvalue weighted by atomic mass is 35.5. The first kappa shape index (κ1) is 15.0. The van der Waals surface area contributed by atoms with Crippen LogP contribution in [0, 0.1) is 0 Å². The number of nitrogens with zero attached hydrogens (tertiary/aromatic N) is 2. The Hall–Kier alpha value is -1.36. The fourth-order valence-electron chi connectivity index (χ4n) is 2.00. The van der Waals surface area contributed by atoms with Crippen LogP contribution in [0.15, 0.2) is 6.33 Å². The molecule has 1 fully saturated rings. The van der Waals surface area contributed by atoms with Crippen molar-refractivity contribution in [1.29, 1.82) is 0 Å². The van der Waals surface area contributed by atoms with E-state index in [1.165, 1.54) is 6.33 Å². The highest BCUT2D eigenvalue weighted by Gasteiger charge is 2.22. The molecule has 0 unspecified atom stereocenters. The summed E-state index contributed by atoms with van der Waals surface area (Å²) in [6.45, 7) is 2.80. The van der Waals surface area contributed by atoms with Gasteiger partial charge in [0.25, 0.3) is 0 Å². The maximum atomic E-state index is 11.5. The molecule has 5 nitrogen and oxygen atoms in total. The van der Waals surface area contributed by atoms with Gasteiger partial charge < -0.3 is 10.6 Å². The standard InChI is InChI=1S/C14H21ClN4O/c1-2-4-11-13(15)17-9-18-14(11)16-8-3-5-12(20)19-10-6-7-10/h9-10H,2-8H2,1H3,(H,19,20)(H,16,17,18). The van der Waals surface area contributed by atoms with E-state index in [1.54, 1.807) is 0 Å². The van der Waals surface area contributed by atoms with Gasteiger partial charge >= 0.3 is 0 Å². The fourth-order valence-corrected chi connectivity index (χ4v) is 2.23. The molecule has 0 spiro atoms. The van der Waals surface area contributed by atoms with Crippen LogP contribution in [0.3, 0.4) is 0 Å². The summed E-state index contributed by atoms with van der Waals surface area (Å²) in [6.07, 6.45) is 6.89. The molecule has 1 aliphatic rings. The first-order valence-electron chi connectivity index (χ1n) is 7.23. The Morgan fingerprint density at radius 2 is 2.25 bits per heavy atom. The van der Waals surface area contributed by atoms with E-state index in [-0.39, 0.29) is 5.91 Å². The van der Waals surface area contributed by atoms with Crippen molar-refractivity contribution >= 4 is 23.3 Å². The van der Waals surface area contributed by atoms with Gasteiger partial charge in [-0.1, -0.05) is 24.9 Å². The molecule has 0 atom stereocenters. The molecular weight excluding hydrogens is 276 g/mol. The summed E-state index contributed by atoms with van der Waals surface area (Å²) >= 11 is 6.08. The minimum atomic E-state index is 0.142. The van der Waals surface area contributed by atoms with Crippen LogP contribution in [0.2, 0.25) is 5.15 Å². The first-order chi connectivity index (χ1) is 9.70. The number of aromatic nitrogens is 2. The van der Waals surface area contributed by atoms with Gasteiger partial charge in [0.15, 0.2) is 0 Å². The van der Waals surface area contributed by atoms with Crippen molar-refractivity contribution in [2.75, 3.05) is 11.9 Å². The maximum absolute atomic E-state index is 11.5. The van der Waals surface area contributed by atoms with Crippen LogP contribution in [0.5, 0.6) is 0 Å². The van der Waals surface area contributed by atoms with Gasteiger partial charge in [0.1, 0.15) is 17.3 Å². The van der Waals surface area contributed by atoms with Crippen LogP contribution in [0.4, 0.5) is 5.82 Å². The van der Waals surface area contributed by atoms with Gasteiger partial charge in [0.2, 0.25) is 5.91 Å². The number of carbonyl (C=O) groups excluding carboxylic acids is 1. The smallest absolute Gasteiger partial charge is 0.220 e. The van der Waals surface area contributed by atoms with Gasteiger partial charge in [-0.05, 0) is 25.7 Å². The van der Waals surface area contributed by atoms with E-state index in [1.807, 2.05) is 0 Å². The number of anilines is 1. The molecule has 0 radical (unpaired) electrons. The SMILES string of the molecule is CCCc1c(Cl)ncnc1NCCCC(=O)NC1CC1. The normalized spacial score (nSPS) is 14.1. The van der Waals surface area contributed by atoms with Gasteiger partial charge in [0.05, 0.1) is 0 Å². The van der Waals surface area contributed by atoms with E-state index in [9.17, 15) is 4.79 Å². The monoisotopic (exact) mass is 296 g/mol. The number of halogens is 1. The topological polar surface area (TPSA) is 66.9 Å². The van der Waals surface area contributed by atoms with E-state index in [2.05, 4.69) is 27.5 Å². The average Bonchev–Trinajstić information content (AvgIpc) is 3.22. The number of nitrogens with one attached hydrogen (secondary N) is 2. The molecule has 1 amide bonds. The number of hydrogen-bond acceptors (Lipinski definition) is 4. The molecule has 1 aromatic rings. The second-order valence-electron chi connectivity index (χ2n) is 5.11. The number of carbonyl (C=O) groups is 1. The molecule has 2 N–H and O–H groups in total. The van der Waals surface area contributed by atoms with Crippen LogP contribution in [0.25, 0.3) is 0 Å². The van der Waals surface area contributed by atoms with E-state index in [4.69, 9.17) is 11.6 Å². The predicted octanol–water partition coefficient (Wildman–Crippen LogP) is 2.55. The highest BCUT2D eigenvalue weighted by molar-refractivity contribution is 6.30. The van der Waals surface area contributed by atoms with Gasteiger partial charge in [-0.3, -0.25) is 4.79 Å². The third-order valence-corrected chi connectivity index (χ3v) is 3.53. The molecule has 20 heavy (non-hydrogen) atoms. The zero-order chi connectivity index (χ0) is 14.4. The van der Waals surface area contributed by atoms with E-state index in [0.29, 0.717) is 24.2 Å². The maximum Gasteiger partial charge on any atom is 0.220 e. The Kier molecular flexibility index (Phi) is 5.59. The van der Waals surface area contributed by atoms with Crippen LogP contribution in [0.1, 0.15) is 44.6 Å². The lowest BCUT2D eigenvalue weighted by Crippen LogP contribution is -2.25. The summed E-state index contributed by atoms with van der Waals surface area (Å²) in [7, 11) is 0. The van der Waals surface area contributed by atoms with Crippen LogP contribution in [-0.2, 0) is 11.2 Å². The molecule has 1 aromatic heterocycles. The lowest BCUT2D eigenvalue weighted by Gasteiger charge is -2.11. The molecular formula is C14H21ClN4O. The highest BCUT2D eigenvalue weighted by Crippen LogP contribution is 2.21. The van der Waals surface area contributed by atoms with Crippen molar-refractivity contribution in [1.82, 2.24) is 15.3 Å². The van der Waals surface area contributed by atoms with Crippen molar-refractivity contribution in [3.05, 3.63) is 17.0 Å². The van der Waals surface area contributed by atoms with Crippen molar-refractivity contribution in [3.63, 3.8) is 0 Å². The van der Waals surface area contributed by atoms with Crippen LogP contribution in [-0.4, -0.2) is 28.5 Å². The summed E-state index contributed by atoms with van der Waals surface area (Å²) in [5.41, 5.74) is 0.957. The largest absolute Gasteiger partial charge is 0.370 e. The third kappa shape index (κ3) is 4.63. The zero-order valence-electron chi connectivity index (χ0n) is 11.8. The second-order valence-corrected chi connectivity index (χ2v) is 5.47. The van der Waals surface area contributed by atoms with Crippen LogP contribution < -0.4 is 10.6 Å². The molecule has 110 valence electrons. The summed E-state index contributed by atoms with van der Waals surface area (Å²) < 4.78 is 0. The Morgan fingerprint density at radius 1 is 1.45 bits per heavy atom. The molecule has 2 rings (SSSR count). The minimum absolute atomic E-state index is 0.142. The zero-order valence-corrected chi connectivity index (χ0v) is 12.5. The average molecular weight is 297 g/mol. The summed E-state index contributed by atoms with van der Waals surface area (Å²) in [5.74, 6) is 0.929.